The molecule has 0 atom stereocenters. The number of hydrogen-bond donors (Lipinski definition) is 0. The van der Waals surface area contributed by atoms with E-state index in [0.717, 1.165) is 50.1 Å². The zero-order valence-electron chi connectivity index (χ0n) is 29.8. The molecule has 3 heteroatoms. The van der Waals surface area contributed by atoms with Crippen molar-refractivity contribution < 1.29 is 4.42 Å². The van der Waals surface area contributed by atoms with Gasteiger partial charge in [-0.05, 0) is 105 Å². The second-order valence-corrected chi connectivity index (χ2v) is 15.2. The van der Waals surface area contributed by atoms with Gasteiger partial charge in [-0.25, -0.2) is 0 Å². The molecule has 0 amide bonds. The largest absolute Gasteiger partial charge is 0.456 e. The van der Waals surface area contributed by atoms with Crippen LogP contribution in [-0.4, -0.2) is 0 Å². The third-order valence-electron chi connectivity index (χ3n) is 10.9. The number of anilines is 3. The predicted molar refractivity (Wildman–Crippen MR) is 235 cm³/mol. The molecule has 2 nitrogen and oxygen atoms in total. The first-order valence-corrected chi connectivity index (χ1v) is 19.5. The monoisotopic (exact) mass is 719 g/mol. The van der Waals surface area contributed by atoms with E-state index in [2.05, 4.69) is 193 Å². The van der Waals surface area contributed by atoms with Crippen molar-refractivity contribution in [1.29, 1.82) is 0 Å². The van der Waals surface area contributed by atoms with Crippen LogP contribution in [0.4, 0.5) is 17.1 Å². The first-order valence-electron chi connectivity index (χ1n) is 18.7. The lowest BCUT2D eigenvalue weighted by atomic mass is 9.97. The fraction of sp³-hybridized carbons (Fsp3) is 0. The highest BCUT2D eigenvalue weighted by Gasteiger charge is 2.19. The van der Waals surface area contributed by atoms with Gasteiger partial charge in [-0.15, -0.1) is 11.3 Å². The lowest BCUT2D eigenvalue weighted by molar-refractivity contribution is 0.669. The van der Waals surface area contributed by atoms with E-state index in [1.165, 1.54) is 53.2 Å². The van der Waals surface area contributed by atoms with Gasteiger partial charge in [-0.1, -0.05) is 133 Å². The molecule has 0 aliphatic carbocycles. The number of furan rings is 1. The Morgan fingerprint density at radius 1 is 0.364 bits per heavy atom. The van der Waals surface area contributed by atoms with E-state index in [9.17, 15) is 0 Å². The van der Waals surface area contributed by atoms with Crippen molar-refractivity contribution in [2.24, 2.45) is 0 Å². The van der Waals surface area contributed by atoms with E-state index in [0.29, 0.717) is 0 Å². The van der Waals surface area contributed by atoms with Crippen molar-refractivity contribution in [2.45, 2.75) is 0 Å². The minimum Gasteiger partial charge on any atom is -0.456 e. The van der Waals surface area contributed by atoms with E-state index in [1.807, 2.05) is 23.5 Å². The predicted octanol–water partition coefficient (Wildman–Crippen LogP) is 15.6. The number of hydrogen-bond acceptors (Lipinski definition) is 3. The summed E-state index contributed by atoms with van der Waals surface area (Å²) < 4.78 is 8.76. The van der Waals surface area contributed by atoms with Crippen molar-refractivity contribution in [3.05, 3.63) is 200 Å². The van der Waals surface area contributed by atoms with Crippen molar-refractivity contribution in [3.8, 4) is 33.4 Å². The maximum atomic E-state index is 6.14. The number of rotatable bonds is 6. The highest BCUT2D eigenvalue weighted by Crippen LogP contribution is 2.45. The minimum atomic E-state index is 0.907. The average Bonchev–Trinajstić information content (AvgIpc) is 3.82. The summed E-state index contributed by atoms with van der Waals surface area (Å²) in [5.74, 6) is 0. The zero-order valence-corrected chi connectivity index (χ0v) is 30.6. The van der Waals surface area contributed by atoms with Crippen LogP contribution in [0.15, 0.2) is 205 Å². The highest BCUT2D eigenvalue weighted by atomic mass is 32.1. The van der Waals surface area contributed by atoms with E-state index >= 15 is 0 Å². The summed E-state index contributed by atoms with van der Waals surface area (Å²) in [7, 11) is 0. The minimum absolute atomic E-state index is 0.907. The van der Waals surface area contributed by atoms with Crippen LogP contribution < -0.4 is 4.90 Å². The standard InChI is InChI=1S/C52H33NOS/c1-2-12-36-31-39(24-23-34(36)11-1)42-15-3-6-19-47(42)53(40-28-25-35(26-29-40)37-27-30-49-46(33-37)44-16-4-7-20-48(44)54-49)41-14-9-13-38(32-41)43-18-10-22-51-52(43)45-17-5-8-21-50(45)55-51/h1-33H. The van der Waals surface area contributed by atoms with E-state index in [-0.39, 0.29) is 0 Å². The van der Waals surface area contributed by atoms with Crippen LogP contribution in [0.25, 0.3) is 86.3 Å². The zero-order chi connectivity index (χ0) is 36.3. The van der Waals surface area contributed by atoms with Gasteiger partial charge in [0.1, 0.15) is 11.2 Å². The molecule has 0 fully saturated rings. The molecule has 11 rings (SSSR count). The summed E-state index contributed by atoms with van der Waals surface area (Å²) in [6.45, 7) is 0. The third-order valence-corrected chi connectivity index (χ3v) is 12.0. The summed E-state index contributed by atoms with van der Waals surface area (Å²) >= 11 is 1.86. The van der Waals surface area contributed by atoms with Crippen molar-refractivity contribution in [3.63, 3.8) is 0 Å². The molecule has 0 saturated carbocycles. The quantitative estimate of drug-likeness (QED) is 0.170. The highest BCUT2D eigenvalue weighted by molar-refractivity contribution is 7.25. The Kier molecular flexibility index (Phi) is 7.39. The summed E-state index contributed by atoms with van der Waals surface area (Å²) in [4.78, 5) is 2.41. The van der Waals surface area contributed by atoms with Crippen LogP contribution in [0.5, 0.6) is 0 Å². The molecule has 9 aromatic carbocycles. The van der Waals surface area contributed by atoms with Crippen LogP contribution >= 0.6 is 11.3 Å². The molecular weight excluding hydrogens is 687 g/mol. The first-order chi connectivity index (χ1) is 27.2. The molecule has 0 aliphatic heterocycles. The van der Waals surface area contributed by atoms with Crippen LogP contribution in [-0.2, 0) is 0 Å². The number of thiophene rings is 1. The summed E-state index contributed by atoms with van der Waals surface area (Å²) in [5, 5.41) is 7.35. The smallest absolute Gasteiger partial charge is 0.135 e. The Morgan fingerprint density at radius 2 is 1.04 bits per heavy atom. The number of para-hydroxylation sites is 2. The fourth-order valence-corrected chi connectivity index (χ4v) is 9.37. The molecule has 0 bridgehead atoms. The number of nitrogens with zero attached hydrogens (tertiary/aromatic N) is 1. The van der Waals surface area contributed by atoms with Gasteiger partial charge in [-0.3, -0.25) is 0 Å². The van der Waals surface area contributed by atoms with Crippen molar-refractivity contribution >= 4 is 81.3 Å². The molecule has 0 N–H and O–H groups in total. The first kappa shape index (κ1) is 31.6. The van der Waals surface area contributed by atoms with Crippen LogP contribution in [0.1, 0.15) is 0 Å². The van der Waals surface area contributed by atoms with Gasteiger partial charge < -0.3 is 9.32 Å². The number of fused-ring (bicyclic) bond motifs is 7. The second kappa shape index (κ2) is 12.9. The average molecular weight is 720 g/mol. The molecule has 0 saturated heterocycles. The molecule has 0 spiro atoms. The van der Waals surface area contributed by atoms with Crippen LogP contribution in [0.3, 0.4) is 0 Å². The van der Waals surface area contributed by atoms with Crippen molar-refractivity contribution in [1.82, 2.24) is 0 Å². The van der Waals surface area contributed by atoms with Crippen LogP contribution in [0, 0.1) is 0 Å². The van der Waals surface area contributed by atoms with E-state index in [1.54, 1.807) is 0 Å². The van der Waals surface area contributed by atoms with Crippen molar-refractivity contribution in [2.75, 3.05) is 4.90 Å². The molecule has 0 aliphatic rings. The van der Waals surface area contributed by atoms with E-state index < -0.39 is 0 Å². The Labute approximate surface area is 322 Å². The normalized spacial score (nSPS) is 11.6. The summed E-state index contributed by atoms with van der Waals surface area (Å²) in [5.41, 5.74) is 12.2. The Balaban J connectivity index is 1.08. The molecule has 55 heavy (non-hydrogen) atoms. The molecule has 11 aromatic rings. The maximum Gasteiger partial charge on any atom is 0.135 e. The third kappa shape index (κ3) is 5.40. The topological polar surface area (TPSA) is 16.4 Å². The van der Waals surface area contributed by atoms with Gasteiger partial charge in [-0.2, -0.15) is 0 Å². The number of benzene rings is 9. The molecule has 0 radical (unpaired) electrons. The van der Waals surface area contributed by atoms with Gasteiger partial charge >= 0.3 is 0 Å². The molecule has 2 heterocycles. The molecule has 258 valence electrons. The van der Waals surface area contributed by atoms with Crippen LogP contribution in [0.2, 0.25) is 0 Å². The SMILES string of the molecule is c1cc(-c2cccc3sc4ccccc4c23)cc(N(c2ccc(-c3ccc4oc5ccccc5c4c3)cc2)c2ccccc2-c2ccc3ccccc3c2)c1. The Bertz CT molecular complexity index is 3220. The van der Waals surface area contributed by atoms with Gasteiger partial charge in [0.2, 0.25) is 0 Å². The molecule has 2 aromatic heterocycles. The van der Waals surface area contributed by atoms with E-state index in [4.69, 9.17) is 4.42 Å². The maximum absolute atomic E-state index is 6.14. The summed E-state index contributed by atoms with van der Waals surface area (Å²) in [6, 6.07) is 72.4. The van der Waals surface area contributed by atoms with Gasteiger partial charge in [0.15, 0.2) is 0 Å². The fourth-order valence-electron chi connectivity index (χ4n) is 8.23. The lowest BCUT2D eigenvalue weighted by Crippen LogP contribution is -2.11. The Morgan fingerprint density at radius 3 is 1.96 bits per heavy atom. The molecular formula is C52H33NOS. The Hall–Kier alpha value is -6.94. The lowest BCUT2D eigenvalue weighted by Gasteiger charge is -2.28. The van der Waals surface area contributed by atoms with Gasteiger partial charge in [0, 0.05) is 47.9 Å². The summed E-state index contributed by atoms with van der Waals surface area (Å²) in [6.07, 6.45) is 0. The van der Waals surface area contributed by atoms with Gasteiger partial charge in [0.25, 0.3) is 0 Å². The molecule has 0 unspecified atom stereocenters. The van der Waals surface area contributed by atoms with Gasteiger partial charge in [0.05, 0.1) is 5.69 Å². The second-order valence-electron chi connectivity index (χ2n) is 14.1.